The summed E-state index contributed by atoms with van der Waals surface area (Å²) in [6, 6.07) is 1.65. The van der Waals surface area contributed by atoms with E-state index in [1.165, 1.54) is 12.4 Å². The number of carbonyl (C=O) groups is 1. The molecule has 0 atom stereocenters. The topological polar surface area (TPSA) is 88.3 Å². The number of hydrogen-bond acceptors (Lipinski definition) is 5. The van der Waals surface area contributed by atoms with E-state index >= 15 is 0 Å². The van der Waals surface area contributed by atoms with Crippen molar-refractivity contribution in [2.75, 3.05) is 18.0 Å². The Labute approximate surface area is 114 Å². The van der Waals surface area contributed by atoms with Crippen LogP contribution in [-0.2, 0) is 11.3 Å². The van der Waals surface area contributed by atoms with Gasteiger partial charge >= 0.3 is 5.97 Å². The van der Waals surface area contributed by atoms with E-state index in [0.29, 0.717) is 16.9 Å². The highest BCUT2D eigenvalue weighted by Gasteiger charge is 2.16. The highest BCUT2D eigenvalue weighted by Crippen LogP contribution is 2.17. The minimum Gasteiger partial charge on any atom is -0.480 e. The van der Waals surface area contributed by atoms with Crippen LogP contribution in [0, 0.1) is 0 Å². The molecule has 1 fully saturated rings. The lowest BCUT2D eigenvalue weighted by Crippen LogP contribution is -2.25. The van der Waals surface area contributed by atoms with Gasteiger partial charge in [0.05, 0.1) is 10.9 Å². The number of pyridine rings is 1. The monoisotopic (exact) mass is 274 g/mol. The Kier molecular flexibility index (Phi) is 3.09. The zero-order chi connectivity index (χ0) is 14.1. The molecule has 0 unspecified atom stereocenters. The van der Waals surface area contributed by atoms with Crippen molar-refractivity contribution in [3.63, 3.8) is 0 Å². The molecule has 0 saturated carbocycles. The number of aromatic nitrogens is 3. The van der Waals surface area contributed by atoms with Gasteiger partial charge in [0, 0.05) is 25.5 Å². The van der Waals surface area contributed by atoms with Gasteiger partial charge in [-0.15, -0.1) is 0 Å². The SMILES string of the molecule is O=C(O)Cn1ccc2nc(N3CCCC3)ncc2c1=O. The van der Waals surface area contributed by atoms with Crippen molar-refractivity contribution >= 4 is 22.8 Å². The van der Waals surface area contributed by atoms with Crippen molar-refractivity contribution in [1.82, 2.24) is 14.5 Å². The normalized spacial score (nSPS) is 14.9. The first-order valence-electron chi connectivity index (χ1n) is 6.48. The van der Waals surface area contributed by atoms with E-state index in [1.54, 1.807) is 6.07 Å². The van der Waals surface area contributed by atoms with Gasteiger partial charge in [0.2, 0.25) is 5.95 Å². The van der Waals surface area contributed by atoms with Crippen molar-refractivity contribution in [1.29, 1.82) is 0 Å². The van der Waals surface area contributed by atoms with Gasteiger partial charge in [-0.25, -0.2) is 9.97 Å². The summed E-state index contributed by atoms with van der Waals surface area (Å²) in [5.41, 5.74) is 0.173. The van der Waals surface area contributed by atoms with Crippen LogP contribution in [0.1, 0.15) is 12.8 Å². The highest BCUT2D eigenvalue weighted by molar-refractivity contribution is 5.78. The lowest BCUT2D eigenvalue weighted by molar-refractivity contribution is -0.137. The van der Waals surface area contributed by atoms with Crippen molar-refractivity contribution in [2.45, 2.75) is 19.4 Å². The Hall–Kier alpha value is -2.44. The number of carboxylic acid groups (broad SMARTS) is 1. The van der Waals surface area contributed by atoms with E-state index in [9.17, 15) is 9.59 Å². The lowest BCUT2D eigenvalue weighted by atomic mass is 10.3. The number of aliphatic carboxylic acids is 1. The van der Waals surface area contributed by atoms with Crippen molar-refractivity contribution in [2.24, 2.45) is 0 Å². The molecule has 2 aromatic heterocycles. The van der Waals surface area contributed by atoms with E-state index in [1.807, 2.05) is 0 Å². The van der Waals surface area contributed by atoms with Gasteiger partial charge in [-0.1, -0.05) is 0 Å². The molecule has 7 nitrogen and oxygen atoms in total. The molecule has 0 aliphatic carbocycles. The quantitative estimate of drug-likeness (QED) is 0.875. The molecule has 3 heterocycles. The molecule has 20 heavy (non-hydrogen) atoms. The second kappa shape index (κ2) is 4.92. The second-order valence-corrected chi connectivity index (χ2v) is 4.81. The van der Waals surface area contributed by atoms with Crippen LogP contribution in [0.15, 0.2) is 23.3 Å². The van der Waals surface area contributed by atoms with Crippen LogP contribution in [0.25, 0.3) is 10.9 Å². The summed E-state index contributed by atoms with van der Waals surface area (Å²) in [7, 11) is 0. The maximum atomic E-state index is 12.1. The fraction of sp³-hybridized carbons (Fsp3) is 0.385. The smallest absolute Gasteiger partial charge is 0.323 e. The highest BCUT2D eigenvalue weighted by atomic mass is 16.4. The van der Waals surface area contributed by atoms with Crippen LogP contribution < -0.4 is 10.5 Å². The number of carboxylic acids is 1. The number of fused-ring (bicyclic) bond motifs is 1. The molecule has 104 valence electrons. The zero-order valence-corrected chi connectivity index (χ0v) is 10.8. The Bertz CT molecular complexity index is 719. The Morgan fingerprint density at radius 1 is 1.35 bits per heavy atom. The first kappa shape index (κ1) is 12.6. The summed E-state index contributed by atoms with van der Waals surface area (Å²) in [5, 5.41) is 9.10. The van der Waals surface area contributed by atoms with Crippen molar-refractivity contribution in [3.05, 3.63) is 28.8 Å². The second-order valence-electron chi connectivity index (χ2n) is 4.81. The van der Waals surface area contributed by atoms with Crippen LogP contribution in [-0.4, -0.2) is 38.7 Å². The average Bonchev–Trinajstić information content (AvgIpc) is 2.95. The van der Waals surface area contributed by atoms with E-state index in [-0.39, 0.29) is 12.1 Å². The molecular weight excluding hydrogens is 260 g/mol. The van der Waals surface area contributed by atoms with E-state index in [2.05, 4.69) is 14.9 Å². The molecule has 1 aliphatic heterocycles. The van der Waals surface area contributed by atoms with Crippen LogP contribution in [0.4, 0.5) is 5.95 Å². The van der Waals surface area contributed by atoms with Gasteiger partial charge in [-0.2, -0.15) is 0 Å². The van der Waals surface area contributed by atoms with E-state index in [0.717, 1.165) is 30.5 Å². The third-order valence-corrected chi connectivity index (χ3v) is 3.40. The number of nitrogens with zero attached hydrogens (tertiary/aromatic N) is 4. The van der Waals surface area contributed by atoms with Crippen LogP contribution in [0.5, 0.6) is 0 Å². The molecule has 0 bridgehead atoms. The number of anilines is 1. The molecule has 1 aliphatic rings. The average molecular weight is 274 g/mol. The molecule has 2 aromatic rings. The molecule has 0 radical (unpaired) electrons. The molecule has 1 saturated heterocycles. The fourth-order valence-corrected chi connectivity index (χ4v) is 2.40. The minimum atomic E-state index is -1.05. The zero-order valence-electron chi connectivity index (χ0n) is 10.8. The molecule has 0 amide bonds. The standard InChI is InChI=1S/C13H14N4O3/c18-11(19)8-17-6-3-10-9(12(17)20)7-14-13(15-10)16-4-1-2-5-16/h3,6-7H,1-2,4-5,8H2,(H,18,19). The predicted octanol–water partition coefficient (Wildman–Crippen LogP) is 0.476. The first-order chi connectivity index (χ1) is 9.65. The van der Waals surface area contributed by atoms with Gasteiger partial charge in [-0.05, 0) is 18.9 Å². The maximum Gasteiger partial charge on any atom is 0.323 e. The van der Waals surface area contributed by atoms with E-state index < -0.39 is 5.97 Å². The summed E-state index contributed by atoms with van der Waals surface area (Å²) in [6.07, 6.45) is 5.19. The Balaban J connectivity index is 2.04. The lowest BCUT2D eigenvalue weighted by Gasteiger charge is -2.15. The number of hydrogen-bond donors (Lipinski definition) is 1. The molecule has 0 aromatic carbocycles. The largest absolute Gasteiger partial charge is 0.480 e. The van der Waals surface area contributed by atoms with Crippen molar-refractivity contribution < 1.29 is 9.90 Å². The summed E-state index contributed by atoms with van der Waals surface area (Å²) in [5.74, 6) is -0.425. The van der Waals surface area contributed by atoms with Gasteiger partial charge in [0.15, 0.2) is 0 Å². The third-order valence-electron chi connectivity index (χ3n) is 3.40. The molecular formula is C13H14N4O3. The Morgan fingerprint density at radius 3 is 2.80 bits per heavy atom. The predicted molar refractivity (Wildman–Crippen MR) is 72.9 cm³/mol. The van der Waals surface area contributed by atoms with Crippen LogP contribution >= 0.6 is 0 Å². The number of rotatable bonds is 3. The molecule has 3 rings (SSSR count). The van der Waals surface area contributed by atoms with Gasteiger partial charge in [-0.3, -0.25) is 9.59 Å². The third kappa shape index (κ3) is 2.22. The molecule has 0 spiro atoms. The van der Waals surface area contributed by atoms with Crippen LogP contribution in [0.2, 0.25) is 0 Å². The molecule has 1 N–H and O–H groups in total. The minimum absolute atomic E-state index is 0.344. The van der Waals surface area contributed by atoms with Gasteiger partial charge < -0.3 is 14.6 Å². The van der Waals surface area contributed by atoms with Crippen molar-refractivity contribution in [3.8, 4) is 0 Å². The molecule has 7 heteroatoms. The summed E-state index contributed by atoms with van der Waals surface area (Å²) < 4.78 is 1.14. The van der Waals surface area contributed by atoms with Gasteiger partial charge in [0.25, 0.3) is 5.56 Å². The fourth-order valence-electron chi connectivity index (χ4n) is 2.40. The Morgan fingerprint density at radius 2 is 2.10 bits per heavy atom. The first-order valence-corrected chi connectivity index (χ1v) is 6.48. The van der Waals surface area contributed by atoms with Gasteiger partial charge in [0.1, 0.15) is 6.54 Å². The summed E-state index contributed by atoms with van der Waals surface area (Å²) in [4.78, 5) is 33.5. The van der Waals surface area contributed by atoms with E-state index in [4.69, 9.17) is 5.11 Å². The maximum absolute atomic E-state index is 12.1. The van der Waals surface area contributed by atoms with Crippen LogP contribution in [0.3, 0.4) is 0 Å². The summed E-state index contributed by atoms with van der Waals surface area (Å²) in [6.45, 7) is 1.51. The summed E-state index contributed by atoms with van der Waals surface area (Å²) >= 11 is 0.